The summed E-state index contributed by atoms with van der Waals surface area (Å²) in [5.74, 6) is -0.202. The number of benzene rings is 2. The van der Waals surface area contributed by atoms with Gasteiger partial charge in [-0.1, -0.05) is 53.4 Å². The number of carbonyl (C=O) groups is 1. The highest BCUT2D eigenvalue weighted by Crippen LogP contribution is 2.33. The SMILES string of the molecule is Cc1c(-c2ccc(Cl)cc2)n[nH]c1C(=O)N(c1ccc(Cl)cc1Cl)N1CCCCC1.Cl. The summed E-state index contributed by atoms with van der Waals surface area (Å²) in [7, 11) is 0. The van der Waals surface area contributed by atoms with Gasteiger partial charge in [-0.15, -0.1) is 12.4 Å². The maximum absolute atomic E-state index is 13.7. The van der Waals surface area contributed by atoms with Crippen molar-refractivity contribution in [3.63, 3.8) is 0 Å². The molecule has 9 heteroatoms. The molecule has 2 aromatic carbocycles. The minimum absolute atomic E-state index is 0. The molecule has 164 valence electrons. The van der Waals surface area contributed by atoms with Gasteiger partial charge >= 0.3 is 0 Å². The molecule has 0 atom stereocenters. The highest BCUT2D eigenvalue weighted by atomic mass is 35.5. The minimum atomic E-state index is -0.202. The number of rotatable bonds is 4. The predicted molar refractivity (Wildman–Crippen MR) is 130 cm³/mol. The number of halogens is 4. The summed E-state index contributed by atoms with van der Waals surface area (Å²) in [4.78, 5) is 13.7. The lowest BCUT2D eigenvalue weighted by Crippen LogP contribution is -2.49. The van der Waals surface area contributed by atoms with E-state index in [9.17, 15) is 4.79 Å². The number of nitrogens with zero attached hydrogens (tertiary/aromatic N) is 3. The quantitative estimate of drug-likeness (QED) is 0.428. The van der Waals surface area contributed by atoms with Gasteiger partial charge in [-0.25, -0.2) is 10.0 Å². The van der Waals surface area contributed by atoms with Crippen LogP contribution >= 0.6 is 47.2 Å². The third kappa shape index (κ3) is 5.02. The Hall–Kier alpha value is -1.76. The van der Waals surface area contributed by atoms with E-state index < -0.39 is 0 Å². The van der Waals surface area contributed by atoms with Crippen molar-refractivity contribution in [3.8, 4) is 11.3 Å². The smallest absolute Gasteiger partial charge is 0.272 e. The van der Waals surface area contributed by atoms with Crippen molar-refractivity contribution >= 4 is 58.8 Å². The highest BCUT2D eigenvalue weighted by Gasteiger charge is 2.30. The molecule has 1 amide bonds. The maximum Gasteiger partial charge on any atom is 0.291 e. The van der Waals surface area contributed by atoms with Gasteiger partial charge in [0.25, 0.3) is 5.91 Å². The zero-order valence-electron chi connectivity index (χ0n) is 16.9. The lowest BCUT2D eigenvalue weighted by molar-refractivity contribution is 0.0867. The van der Waals surface area contributed by atoms with Crippen LogP contribution in [0.5, 0.6) is 0 Å². The first-order valence-corrected chi connectivity index (χ1v) is 10.9. The zero-order valence-corrected chi connectivity index (χ0v) is 20.0. The van der Waals surface area contributed by atoms with Crippen LogP contribution in [0.25, 0.3) is 11.3 Å². The van der Waals surface area contributed by atoms with Gasteiger partial charge < -0.3 is 0 Å². The van der Waals surface area contributed by atoms with E-state index in [0.29, 0.717) is 26.4 Å². The van der Waals surface area contributed by atoms with Crippen molar-refractivity contribution in [3.05, 3.63) is 68.8 Å². The molecule has 0 saturated carbocycles. The number of hydrazine groups is 1. The molecule has 3 aromatic rings. The van der Waals surface area contributed by atoms with E-state index in [4.69, 9.17) is 34.8 Å². The van der Waals surface area contributed by atoms with E-state index in [1.54, 1.807) is 35.3 Å². The third-order valence-electron chi connectivity index (χ3n) is 5.29. The van der Waals surface area contributed by atoms with Crippen molar-refractivity contribution in [2.75, 3.05) is 18.1 Å². The van der Waals surface area contributed by atoms with Crippen molar-refractivity contribution in [1.82, 2.24) is 15.2 Å². The van der Waals surface area contributed by atoms with E-state index in [-0.39, 0.29) is 18.3 Å². The van der Waals surface area contributed by atoms with Gasteiger partial charge in [-0.05, 0) is 50.1 Å². The fraction of sp³-hybridized carbons (Fsp3) is 0.273. The number of piperidine rings is 1. The molecule has 1 saturated heterocycles. The summed E-state index contributed by atoms with van der Waals surface area (Å²) >= 11 is 18.6. The molecular formula is C22H22Cl4N4O. The normalized spacial score (nSPS) is 14.2. The monoisotopic (exact) mass is 498 g/mol. The number of amides is 1. The Morgan fingerprint density at radius 1 is 1.00 bits per heavy atom. The number of hydrogen-bond acceptors (Lipinski definition) is 3. The first kappa shape index (κ1) is 23.9. The highest BCUT2D eigenvalue weighted by molar-refractivity contribution is 6.37. The first-order chi connectivity index (χ1) is 14.5. The molecular weight excluding hydrogens is 478 g/mol. The van der Waals surface area contributed by atoms with Crippen molar-refractivity contribution in [2.24, 2.45) is 0 Å². The summed E-state index contributed by atoms with van der Waals surface area (Å²) in [5, 5.41) is 12.6. The van der Waals surface area contributed by atoms with Gasteiger partial charge in [0, 0.05) is 34.3 Å². The van der Waals surface area contributed by atoms with E-state index in [1.807, 2.05) is 24.1 Å². The van der Waals surface area contributed by atoms with Crippen LogP contribution in [0.2, 0.25) is 15.1 Å². The van der Waals surface area contributed by atoms with Crippen LogP contribution in [0.3, 0.4) is 0 Å². The van der Waals surface area contributed by atoms with Gasteiger partial charge in [0.2, 0.25) is 0 Å². The molecule has 0 bridgehead atoms. The lowest BCUT2D eigenvalue weighted by Gasteiger charge is -2.37. The van der Waals surface area contributed by atoms with Crippen LogP contribution in [0.15, 0.2) is 42.5 Å². The van der Waals surface area contributed by atoms with Crippen molar-refractivity contribution in [2.45, 2.75) is 26.2 Å². The largest absolute Gasteiger partial charge is 0.291 e. The van der Waals surface area contributed by atoms with Crippen LogP contribution in [0, 0.1) is 6.92 Å². The molecule has 0 radical (unpaired) electrons. The van der Waals surface area contributed by atoms with Crippen LogP contribution < -0.4 is 5.01 Å². The minimum Gasteiger partial charge on any atom is -0.272 e. The van der Waals surface area contributed by atoms with Gasteiger partial charge in [0.1, 0.15) is 5.69 Å². The summed E-state index contributed by atoms with van der Waals surface area (Å²) in [5.41, 5.74) is 3.41. The Bertz CT molecular complexity index is 1060. The second-order valence-electron chi connectivity index (χ2n) is 7.31. The third-order valence-corrected chi connectivity index (χ3v) is 6.08. The van der Waals surface area contributed by atoms with Crippen LogP contribution in [0.4, 0.5) is 5.69 Å². The number of carbonyl (C=O) groups excluding carboxylic acids is 1. The molecule has 1 N–H and O–H groups in total. The molecule has 31 heavy (non-hydrogen) atoms. The fourth-order valence-corrected chi connectivity index (χ4v) is 4.34. The topological polar surface area (TPSA) is 52.2 Å². The number of nitrogens with one attached hydrogen (secondary N) is 1. The van der Waals surface area contributed by atoms with Gasteiger partial charge in [-0.3, -0.25) is 9.89 Å². The number of hydrogen-bond donors (Lipinski definition) is 1. The second kappa shape index (κ2) is 10.2. The molecule has 0 spiro atoms. The molecule has 1 aromatic heterocycles. The number of anilines is 1. The Morgan fingerprint density at radius 3 is 2.29 bits per heavy atom. The van der Waals surface area contributed by atoms with Crippen LogP contribution in [-0.4, -0.2) is 34.2 Å². The molecule has 0 unspecified atom stereocenters. The Labute approximate surface area is 202 Å². The van der Waals surface area contributed by atoms with E-state index in [0.717, 1.165) is 49.2 Å². The van der Waals surface area contributed by atoms with Crippen LogP contribution in [0.1, 0.15) is 35.3 Å². The number of H-pyrrole nitrogens is 1. The Morgan fingerprint density at radius 2 is 1.65 bits per heavy atom. The van der Waals surface area contributed by atoms with Crippen molar-refractivity contribution < 1.29 is 4.79 Å². The number of aromatic nitrogens is 2. The summed E-state index contributed by atoms with van der Waals surface area (Å²) in [6.45, 7) is 3.45. The predicted octanol–water partition coefficient (Wildman–Crippen LogP) is 6.81. The Kier molecular flexibility index (Phi) is 7.89. The zero-order chi connectivity index (χ0) is 21.3. The summed E-state index contributed by atoms with van der Waals surface area (Å²) < 4.78 is 0. The summed E-state index contributed by atoms with van der Waals surface area (Å²) in [6.07, 6.45) is 3.19. The van der Waals surface area contributed by atoms with E-state index in [1.165, 1.54) is 0 Å². The fourth-order valence-electron chi connectivity index (χ4n) is 3.72. The average Bonchev–Trinajstić information content (AvgIpc) is 3.12. The molecule has 2 heterocycles. The lowest BCUT2D eigenvalue weighted by atomic mass is 10.1. The number of aromatic amines is 1. The standard InChI is InChI=1S/C22H21Cl3N4O.ClH/c1-14-20(15-5-7-16(23)8-6-15)26-27-21(14)22(30)29(28-11-3-2-4-12-28)19-10-9-17(24)13-18(19)25;/h5-10,13H,2-4,11-12H2,1H3,(H,26,27);1H. The molecule has 4 rings (SSSR count). The average molecular weight is 500 g/mol. The molecule has 1 aliphatic rings. The van der Waals surface area contributed by atoms with Gasteiger partial charge in [0.05, 0.1) is 16.4 Å². The summed E-state index contributed by atoms with van der Waals surface area (Å²) in [6, 6.07) is 12.6. The van der Waals surface area contributed by atoms with Gasteiger partial charge in [-0.2, -0.15) is 5.10 Å². The molecule has 0 aliphatic carbocycles. The van der Waals surface area contributed by atoms with Crippen LogP contribution in [-0.2, 0) is 0 Å². The van der Waals surface area contributed by atoms with Crippen molar-refractivity contribution in [1.29, 1.82) is 0 Å². The Balaban J connectivity index is 0.00000272. The second-order valence-corrected chi connectivity index (χ2v) is 8.59. The van der Waals surface area contributed by atoms with Gasteiger partial charge in [0.15, 0.2) is 0 Å². The maximum atomic E-state index is 13.7. The van der Waals surface area contributed by atoms with E-state index in [2.05, 4.69) is 10.2 Å². The first-order valence-electron chi connectivity index (χ1n) is 9.81. The van der Waals surface area contributed by atoms with E-state index >= 15 is 0 Å². The molecule has 1 aliphatic heterocycles. The molecule has 1 fully saturated rings. The molecule has 5 nitrogen and oxygen atoms in total.